The molecule has 2 aromatic carbocycles. The molecule has 2 aromatic rings. The van der Waals surface area contributed by atoms with E-state index in [2.05, 4.69) is 0 Å². The number of aryl methyl sites for hydroxylation is 2. The van der Waals surface area contributed by atoms with Gasteiger partial charge >= 0.3 is 6.18 Å². The van der Waals surface area contributed by atoms with Crippen molar-refractivity contribution in [1.82, 2.24) is 0 Å². The van der Waals surface area contributed by atoms with Crippen molar-refractivity contribution in [2.45, 2.75) is 32.5 Å². The number of benzene rings is 2. The molecule has 0 heterocycles. The van der Waals surface area contributed by atoms with Crippen LogP contribution in [-0.4, -0.2) is 5.11 Å². The fourth-order valence-corrected chi connectivity index (χ4v) is 2.31. The number of alkyl halides is 3. The first-order valence-electron chi connectivity index (χ1n) is 6.69. The second-order valence-electron chi connectivity index (χ2n) is 5.22. The highest BCUT2D eigenvalue weighted by Gasteiger charge is 2.34. The van der Waals surface area contributed by atoms with E-state index in [0.717, 1.165) is 22.8 Å². The smallest absolute Gasteiger partial charge is 0.388 e. The molecule has 0 bridgehead atoms. The van der Waals surface area contributed by atoms with Gasteiger partial charge in [0.1, 0.15) is 0 Å². The molecule has 1 atom stereocenters. The first-order chi connectivity index (χ1) is 9.79. The van der Waals surface area contributed by atoms with Crippen LogP contribution in [0, 0.1) is 13.8 Å². The summed E-state index contributed by atoms with van der Waals surface area (Å²) in [7, 11) is 0. The SMILES string of the molecule is Cc1ccc(CC(O)c2ccccc2C(F)(F)F)cc1C. The Morgan fingerprint density at radius 3 is 2.29 bits per heavy atom. The lowest BCUT2D eigenvalue weighted by Crippen LogP contribution is -2.13. The van der Waals surface area contributed by atoms with E-state index in [9.17, 15) is 18.3 Å². The maximum absolute atomic E-state index is 13.0. The summed E-state index contributed by atoms with van der Waals surface area (Å²) in [6.45, 7) is 3.91. The molecule has 0 aliphatic heterocycles. The first kappa shape index (κ1) is 15.6. The van der Waals surface area contributed by atoms with Gasteiger partial charge in [-0.05, 0) is 42.2 Å². The number of rotatable bonds is 3. The van der Waals surface area contributed by atoms with E-state index >= 15 is 0 Å². The Balaban J connectivity index is 2.28. The monoisotopic (exact) mass is 294 g/mol. The van der Waals surface area contributed by atoms with Crippen molar-refractivity contribution in [1.29, 1.82) is 0 Å². The maximum Gasteiger partial charge on any atom is 0.416 e. The summed E-state index contributed by atoms with van der Waals surface area (Å²) in [4.78, 5) is 0. The normalized spacial score (nSPS) is 13.2. The number of hydrogen-bond acceptors (Lipinski definition) is 1. The van der Waals surface area contributed by atoms with E-state index in [-0.39, 0.29) is 12.0 Å². The van der Waals surface area contributed by atoms with Crippen molar-refractivity contribution in [2.75, 3.05) is 0 Å². The van der Waals surface area contributed by atoms with Gasteiger partial charge in [0.2, 0.25) is 0 Å². The Kier molecular flexibility index (Phi) is 4.37. The molecular formula is C17H17F3O. The minimum absolute atomic E-state index is 0.0803. The van der Waals surface area contributed by atoms with Gasteiger partial charge < -0.3 is 5.11 Å². The Morgan fingerprint density at radius 2 is 1.67 bits per heavy atom. The molecule has 1 unspecified atom stereocenters. The van der Waals surface area contributed by atoms with Gasteiger partial charge in [0.15, 0.2) is 0 Å². The van der Waals surface area contributed by atoms with Gasteiger partial charge in [0, 0.05) is 6.42 Å². The number of hydrogen-bond donors (Lipinski definition) is 1. The fourth-order valence-electron chi connectivity index (χ4n) is 2.31. The average molecular weight is 294 g/mol. The number of aliphatic hydroxyl groups is 1. The quantitative estimate of drug-likeness (QED) is 0.877. The molecule has 1 N–H and O–H groups in total. The van der Waals surface area contributed by atoms with Crippen molar-refractivity contribution in [2.24, 2.45) is 0 Å². The molecule has 0 spiro atoms. The lowest BCUT2D eigenvalue weighted by molar-refractivity contribution is -0.139. The average Bonchev–Trinajstić information content (AvgIpc) is 2.42. The van der Waals surface area contributed by atoms with Crippen LogP contribution in [0.1, 0.15) is 33.9 Å². The maximum atomic E-state index is 13.0. The summed E-state index contributed by atoms with van der Waals surface area (Å²) in [6, 6.07) is 10.8. The van der Waals surface area contributed by atoms with Gasteiger partial charge in [-0.15, -0.1) is 0 Å². The van der Waals surface area contributed by atoms with Crippen LogP contribution >= 0.6 is 0 Å². The zero-order valence-electron chi connectivity index (χ0n) is 11.9. The van der Waals surface area contributed by atoms with Crippen molar-refractivity contribution in [3.8, 4) is 0 Å². The molecule has 4 heteroatoms. The zero-order chi connectivity index (χ0) is 15.6. The van der Waals surface area contributed by atoms with Crippen LogP contribution in [0.25, 0.3) is 0 Å². The highest BCUT2D eigenvalue weighted by atomic mass is 19.4. The number of halogens is 3. The number of aliphatic hydroxyl groups excluding tert-OH is 1. The molecule has 0 aliphatic carbocycles. The highest BCUT2D eigenvalue weighted by molar-refractivity contribution is 5.34. The largest absolute Gasteiger partial charge is 0.416 e. The summed E-state index contributed by atoms with van der Waals surface area (Å²) in [5, 5.41) is 10.2. The molecule has 0 saturated heterocycles. The fraction of sp³-hybridized carbons (Fsp3) is 0.294. The molecule has 2 rings (SSSR count). The Labute approximate surface area is 122 Å². The van der Waals surface area contributed by atoms with Gasteiger partial charge in [-0.2, -0.15) is 13.2 Å². The predicted octanol–water partition coefficient (Wildman–Crippen LogP) is 4.60. The van der Waals surface area contributed by atoms with Crippen LogP contribution in [0.4, 0.5) is 13.2 Å². The summed E-state index contributed by atoms with van der Waals surface area (Å²) in [5.74, 6) is 0. The third kappa shape index (κ3) is 3.64. The second kappa shape index (κ2) is 5.90. The van der Waals surface area contributed by atoms with Crippen LogP contribution in [-0.2, 0) is 12.6 Å². The van der Waals surface area contributed by atoms with E-state index in [0.29, 0.717) is 0 Å². The van der Waals surface area contributed by atoms with E-state index < -0.39 is 17.8 Å². The third-order valence-corrected chi connectivity index (χ3v) is 3.63. The third-order valence-electron chi connectivity index (χ3n) is 3.63. The molecule has 21 heavy (non-hydrogen) atoms. The Morgan fingerprint density at radius 1 is 1.00 bits per heavy atom. The topological polar surface area (TPSA) is 20.2 Å². The molecular weight excluding hydrogens is 277 g/mol. The molecule has 0 saturated carbocycles. The summed E-state index contributed by atoms with van der Waals surface area (Å²) < 4.78 is 38.9. The molecule has 0 amide bonds. The van der Waals surface area contributed by atoms with Crippen LogP contribution < -0.4 is 0 Å². The van der Waals surface area contributed by atoms with Crippen molar-refractivity contribution in [3.05, 3.63) is 70.3 Å². The minimum Gasteiger partial charge on any atom is -0.388 e. The van der Waals surface area contributed by atoms with E-state index in [1.165, 1.54) is 18.2 Å². The Hall–Kier alpha value is -1.81. The van der Waals surface area contributed by atoms with Gasteiger partial charge in [-0.25, -0.2) is 0 Å². The highest BCUT2D eigenvalue weighted by Crippen LogP contribution is 2.35. The standard InChI is InChI=1S/C17H17F3O/c1-11-7-8-13(9-12(11)2)10-16(21)14-5-3-4-6-15(14)17(18,19)20/h3-9,16,21H,10H2,1-2H3. The first-order valence-corrected chi connectivity index (χ1v) is 6.69. The van der Waals surface area contributed by atoms with Crippen molar-refractivity contribution < 1.29 is 18.3 Å². The van der Waals surface area contributed by atoms with Crippen molar-refractivity contribution in [3.63, 3.8) is 0 Å². The van der Waals surface area contributed by atoms with E-state index in [4.69, 9.17) is 0 Å². The van der Waals surface area contributed by atoms with E-state index in [1.54, 1.807) is 0 Å². The second-order valence-corrected chi connectivity index (χ2v) is 5.22. The molecule has 112 valence electrons. The van der Waals surface area contributed by atoms with Crippen LogP contribution in [0.5, 0.6) is 0 Å². The molecule has 0 radical (unpaired) electrons. The van der Waals surface area contributed by atoms with Gasteiger partial charge in [-0.3, -0.25) is 0 Å². The van der Waals surface area contributed by atoms with Crippen LogP contribution in [0.15, 0.2) is 42.5 Å². The van der Waals surface area contributed by atoms with E-state index in [1.807, 2.05) is 32.0 Å². The van der Waals surface area contributed by atoms with Gasteiger partial charge in [0.05, 0.1) is 11.7 Å². The lowest BCUT2D eigenvalue weighted by Gasteiger charge is -2.18. The van der Waals surface area contributed by atoms with Gasteiger partial charge in [-0.1, -0.05) is 36.4 Å². The van der Waals surface area contributed by atoms with Crippen molar-refractivity contribution >= 4 is 0 Å². The predicted molar refractivity (Wildman–Crippen MR) is 76.0 cm³/mol. The Bertz CT molecular complexity index is 632. The molecule has 0 aliphatic rings. The summed E-state index contributed by atoms with van der Waals surface area (Å²) in [6.07, 6.45) is -5.47. The summed E-state index contributed by atoms with van der Waals surface area (Å²) >= 11 is 0. The summed E-state index contributed by atoms with van der Waals surface area (Å²) in [5.41, 5.74) is 2.14. The minimum atomic E-state index is -4.46. The lowest BCUT2D eigenvalue weighted by atomic mass is 9.95. The van der Waals surface area contributed by atoms with Crippen LogP contribution in [0.3, 0.4) is 0 Å². The molecule has 1 nitrogen and oxygen atoms in total. The zero-order valence-corrected chi connectivity index (χ0v) is 11.9. The molecule has 0 fully saturated rings. The van der Waals surface area contributed by atoms with Gasteiger partial charge in [0.25, 0.3) is 0 Å². The van der Waals surface area contributed by atoms with Crippen LogP contribution in [0.2, 0.25) is 0 Å². The molecule has 0 aromatic heterocycles.